The molecule has 0 fully saturated rings. The summed E-state index contributed by atoms with van der Waals surface area (Å²) in [5.74, 6) is 5.40. The van der Waals surface area contributed by atoms with E-state index in [0.717, 1.165) is 29.8 Å². The molecule has 0 aromatic heterocycles. The number of rotatable bonds is 7. The first-order valence-electron chi connectivity index (χ1n) is 7.71. The number of benzene rings is 2. The van der Waals surface area contributed by atoms with Crippen molar-refractivity contribution >= 4 is 11.6 Å². The molecule has 0 aliphatic heterocycles. The van der Waals surface area contributed by atoms with Gasteiger partial charge in [-0.2, -0.15) is 0 Å². The average molecular weight is 315 g/mol. The Labute approximate surface area is 136 Å². The van der Waals surface area contributed by atoms with E-state index < -0.39 is 0 Å². The Bertz CT molecular complexity index is 643. The zero-order valence-corrected chi connectivity index (χ0v) is 13.3. The minimum atomic E-state index is -0.209. The van der Waals surface area contributed by atoms with E-state index in [4.69, 9.17) is 5.84 Å². The van der Waals surface area contributed by atoms with Gasteiger partial charge in [0.25, 0.3) is 0 Å². The zero-order chi connectivity index (χ0) is 16.7. The fraction of sp³-hybridized carbons (Fsp3) is 0.278. The highest BCUT2D eigenvalue weighted by molar-refractivity contribution is 5.75. The first kappa shape index (κ1) is 17.0. The molecule has 0 spiro atoms. The topological polar surface area (TPSA) is 58.4 Å². The summed E-state index contributed by atoms with van der Waals surface area (Å²) in [6.07, 6.45) is 1.15. The number of amides is 1. The normalized spacial score (nSPS) is 10.4. The molecule has 23 heavy (non-hydrogen) atoms. The molecule has 0 aliphatic rings. The van der Waals surface area contributed by atoms with E-state index in [9.17, 15) is 9.18 Å². The van der Waals surface area contributed by atoms with E-state index >= 15 is 0 Å². The molecule has 4 nitrogen and oxygen atoms in total. The molecule has 0 unspecified atom stereocenters. The van der Waals surface area contributed by atoms with Crippen molar-refractivity contribution in [3.8, 4) is 0 Å². The number of hydrogen-bond acceptors (Lipinski definition) is 3. The second-order valence-corrected chi connectivity index (χ2v) is 5.38. The fourth-order valence-corrected chi connectivity index (χ4v) is 2.26. The summed E-state index contributed by atoms with van der Waals surface area (Å²) >= 11 is 0. The molecular formula is C18H22FN3O. The van der Waals surface area contributed by atoms with Crippen molar-refractivity contribution < 1.29 is 9.18 Å². The lowest BCUT2D eigenvalue weighted by Crippen LogP contribution is -2.36. The van der Waals surface area contributed by atoms with E-state index in [1.54, 1.807) is 19.1 Å². The molecule has 0 bridgehead atoms. The number of anilines is 1. The van der Waals surface area contributed by atoms with Crippen molar-refractivity contribution in [1.82, 2.24) is 5.01 Å². The van der Waals surface area contributed by atoms with Gasteiger partial charge in [0, 0.05) is 18.7 Å². The van der Waals surface area contributed by atoms with Crippen LogP contribution in [0.15, 0.2) is 48.5 Å². The van der Waals surface area contributed by atoms with Crippen LogP contribution in [0.2, 0.25) is 0 Å². The summed E-state index contributed by atoms with van der Waals surface area (Å²) in [4.78, 5) is 11.4. The van der Waals surface area contributed by atoms with Crippen LogP contribution in [0.4, 0.5) is 10.1 Å². The van der Waals surface area contributed by atoms with Crippen LogP contribution in [0.25, 0.3) is 0 Å². The van der Waals surface area contributed by atoms with Crippen LogP contribution in [-0.4, -0.2) is 17.5 Å². The van der Waals surface area contributed by atoms with Crippen LogP contribution in [0.3, 0.4) is 0 Å². The maximum absolute atomic E-state index is 13.1. The second-order valence-electron chi connectivity index (χ2n) is 5.38. The first-order chi connectivity index (χ1) is 11.1. The van der Waals surface area contributed by atoms with Crippen LogP contribution >= 0.6 is 0 Å². The number of nitrogens with two attached hydrogens (primary N) is 1. The molecule has 1 amide bonds. The van der Waals surface area contributed by atoms with Gasteiger partial charge in [0.1, 0.15) is 5.82 Å². The van der Waals surface area contributed by atoms with E-state index in [2.05, 4.69) is 5.32 Å². The molecule has 2 aromatic carbocycles. The maximum Gasteiger partial charge on any atom is 0.236 e. The lowest BCUT2D eigenvalue weighted by Gasteiger charge is -2.16. The Kier molecular flexibility index (Phi) is 6.11. The Balaban J connectivity index is 1.82. The summed E-state index contributed by atoms with van der Waals surface area (Å²) in [5, 5.41) is 4.52. The minimum absolute atomic E-state index is 0.0812. The van der Waals surface area contributed by atoms with Crippen LogP contribution in [-0.2, 0) is 17.8 Å². The van der Waals surface area contributed by atoms with Gasteiger partial charge in [0.15, 0.2) is 0 Å². The van der Waals surface area contributed by atoms with E-state index in [-0.39, 0.29) is 11.7 Å². The van der Waals surface area contributed by atoms with Gasteiger partial charge in [0.05, 0.1) is 6.54 Å². The van der Waals surface area contributed by atoms with E-state index in [1.165, 1.54) is 11.1 Å². The molecule has 0 atom stereocenters. The van der Waals surface area contributed by atoms with Gasteiger partial charge in [-0.05, 0) is 41.8 Å². The molecule has 5 heteroatoms. The van der Waals surface area contributed by atoms with Gasteiger partial charge in [0.2, 0.25) is 5.91 Å². The van der Waals surface area contributed by atoms with E-state index in [1.807, 2.05) is 30.3 Å². The Morgan fingerprint density at radius 3 is 2.57 bits per heavy atom. The summed E-state index contributed by atoms with van der Waals surface area (Å²) in [5.41, 5.74) is 2.92. The molecular weight excluding hydrogens is 293 g/mol. The highest BCUT2D eigenvalue weighted by atomic mass is 19.1. The van der Waals surface area contributed by atoms with Crippen molar-refractivity contribution in [2.45, 2.75) is 26.3 Å². The van der Waals surface area contributed by atoms with Gasteiger partial charge >= 0.3 is 0 Å². The quantitative estimate of drug-likeness (QED) is 0.469. The Hall–Kier alpha value is -2.40. The molecule has 2 aromatic rings. The third-order valence-corrected chi connectivity index (χ3v) is 3.56. The highest BCUT2D eigenvalue weighted by Crippen LogP contribution is 2.12. The van der Waals surface area contributed by atoms with Crippen molar-refractivity contribution in [2.24, 2.45) is 5.84 Å². The number of hydrazine groups is 1. The van der Waals surface area contributed by atoms with Gasteiger partial charge < -0.3 is 5.32 Å². The molecule has 0 radical (unpaired) electrons. The van der Waals surface area contributed by atoms with Crippen molar-refractivity contribution in [3.05, 3.63) is 65.5 Å². The number of nitrogens with zero attached hydrogens (tertiary/aromatic N) is 1. The Morgan fingerprint density at radius 1 is 1.17 bits per heavy atom. The van der Waals surface area contributed by atoms with E-state index in [0.29, 0.717) is 13.0 Å². The Morgan fingerprint density at radius 2 is 1.91 bits per heavy atom. The standard InChI is InChI=1S/C18H22FN3O/c1-2-18(23)22(20)13-15-6-8-17(9-7-15)21-11-10-14-4-3-5-16(19)12-14/h3-9,12,21H,2,10-11,13,20H2,1H3. The SMILES string of the molecule is CCC(=O)N(N)Cc1ccc(NCCc2cccc(F)c2)cc1. The predicted molar refractivity (Wildman–Crippen MR) is 90.1 cm³/mol. The van der Waals surface area contributed by atoms with Gasteiger partial charge in [-0.1, -0.05) is 31.2 Å². The van der Waals surface area contributed by atoms with Crippen molar-refractivity contribution in [2.75, 3.05) is 11.9 Å². The summed E-state index contributed by atoms with van der Waals surface area (Å²) < 4.78 is 13.1. The largest absolute Gasteiger partial charge is 0.385 e. The summed E-state index contributed by atoms with van der Waals surface area (Å²) in [7, 11) is 0. The molecule has 122 valence electrons. The van der Waals surface area contributed by atoms with Crippen LogP contribution < -0.4 is 11.2 Å². The monoisotopic (exact) mass is 315 g/mol. The lowest BCUT2D eigenvalue weighted by atomic mass is 10.1. The number of carbonyl (C=O) groups is 1. The highest BCUT2D eigenvalue weighted by Gasteiger charge is 2.07. The van der Waals surface area contributed by atoms with Gasteiger partial charge in [-0.25, -0.2) is 10.2 Å². The third kappa shape index (κ3) is 5.38. The number of nitrogens with one attached hydrogen (secondary N) is 1. The second kappa shape index (κ2) is 8.29. The average Bonchev–Trinajstić information content (AvgIpc) is 2.55. The minimum Gasteiger partial charge on any atom is -0.385 e. The van der Waals surface area contributed by atoms with Crippen molar-refractivity contribution in [3.63, 3.8) is 0 Å². The molecule has 0 aliphatic carbocycles. The smallest absolute Gasteiger partial charge is 0.236 e. The lowest BCUT2D eigenvalue weighted by molar-refractivity contribution is -0.131. The first-order valence-corrected chi connectivity index (χ1v) is 7.71. The van der Waals surface area contributed by atoms with Crippen LogP contribution in [0, 0.1) is 5.82 Å². The third-order valence-electron chi connectivity index (χ3n) is 3.56. The fourth-order valence-electron chi connectivity index (χ4n) is 2.26. The van der Waals surface area contributed by atoms with Crippen LogP contribution in [0.5, 0.6) is 0 Å². The summed E-state index contributed by atoms with van der Waals surface area (Å²) in [6, 6.07) is 14.4. The van der Waals surface area contributed by atoms with Gasteiger partial charge in [-0.15, -0.1) is 0 Å². The molecule has 2 rings (SSSR count). The number of halogens is 1. The van der Waals surface area contributed by atoms with Gasteiger partial charge in [-0.3, -0.25) is 9.80 Å². The predicted octanol–water partition coefficient (Wildman–Crippen LogP) is 3.09. The van der Waals surface area contributed by atoms with Crippen LogP contribution in [0.1, 0.15) is 24.5 Å². The maximum atomic E-state index is 13.1. The number of hydrogen-bond donors (Lipinski definition) is 2. The zero-order valence-electron chi connectivity index (χ0n) is 13.3. The molecule has 0 saturated heterocycles. The summed E-state index contributed by atoms with van der Waals surface area (Å²) in [6.45, 7) is 2.91. The molecule has 0 heterocycles. The molecule has 3 N–H and O–H groups in total. The number of carbonyl (C=O) groups excluding carboxylic acids is 1. The molecule has 0 saturated carbocycles. The van der Waals surface area contributed by atoms with Crippen molar-refractivity contribution in [1.29, 1.82) is 0 Å².